The third-order valence-electron chi connectivity index (χ3n) is 6.66. The average molecular weight is 456 g/mol. The largest absolute Gasteiger partial charge is 0.480 e. The van der Waals surface area contributed by atoms with Gasteiger partial charge in [0.05, 0.1) is 23.4 Å². The minimum absolute atomic E-state index is 0.0609. The molecule has 10 nitrogen and oxygen atoms in total. The van der Waals surface area contributed by atoms with E-state index in [2.05, 4.69) is 10.4 Å². The van der Waals surface area contributed by atoms with Crippen LogP contribution in [0, 0.1) is 27.9 Å². The molecule has 2 fully saturated rings. The molecule has 0 unspecified atom stereocenters. The lowest BCUT2D eigenvalue weighted by Crippen LogP contribution is -2.42. The zero-order chi connectivity index (χ0) is 23.5. The predicted octanol–water partition coefficient (Wildman–Crippen LogP) is 3.28. The maximum atomic E-state index is 12.5. The van der Waals surface area contributed by atoms with Crippen LogP contribution in [0.1, 0.15) is 50.0 Å². The number of carbonyl (C=O) groups excluding carboxylic acids is 2. The van der Waals surface area contributed by atoms with Gasteiger partial charge >= 0.3 is 5.97 Å². The highest BCUT2D eigenvalue weighted by Crippen LogP contribution is 2.49. The highest BCUT2D eigenvalue weighted by atomic mass is 16.6. The Morgan fingerprint density at radius 3 is 2.64 bits per heavy atom. The molecule has 1 amide bonds. The lowest BCUT2D eigenvalue weighted by Gasteiger charge is -2.28. The predicted molar refractivity (Wildman–Crippen MR) is 118 cm³/mol. The van der Waals surface area contributed by atoms with Crippen LogP contribution < -0.4 is 10.1 Å². The molecule has 1 heterocycles. The summed E-state index contributed by atoms with van der Waals surface area (Å²) in [7, 11) is 0. The minimum Gasteiger partial charge on any atom is -0.480 e. The number of fused-ring (bicyclic) bond motifs is 2. The maximum Gasteiger partial charge on any atom is 0.362 e. The molecule has 0 radical (unpaired) electrons. The highest BCUT2D eigenvalue weighted by molar-refractivity contribution is 5.90. The van der Waals surface area contributed by atoms with Crippen LogP contribution in [0.15, 0.2) is 30.5 Å². The number of amides is 1. The lowest BCUT2D eigenvalue weighted by atomic mass is 9.84. The van der Waals surface area contributed by atoms with Gasteiger partial charge in [-0.1, -0.05) is 6.42 Å². The van der Waals surface area contributed by atoms with Gasteiger partial charge in [-0.25, -0.2) is 9.48 Å². The molecule has 1 N–H and O–H groups in total. The van der Waals surface area contributed by atoms with Gasteiger partial charge in [-0.2, -0.15) is 5.10 Å². The van der Waals surface area contributed by atoms with Gasteiger partial charge in [-0.15, -0.1) is 0 Å². The molecule has 2 aliphatic rings. The minimum atomic E-state index is -0.677. The van der Waals surface area contributed by atoms with Gasteiger partial charge in [-0.05, 0) is 63.0 Å². The molecule has 2 aromatic rings. The standard InChI is InChI=1S/C23H28N4O6/c1-3-32-23(29)22-20(12-26(25-22)17-6-8-18(9-7-17)27(30)31)33-13-21(28)24-14(2)19-11-15-4-5-16(19)10-15/h6-9,12,14-16,19H,3-5,10-11,13H2,1-2H3,(H,24,28)/t14-,15+,16+,19+/m1/s1. The molecule has 10 heteroatoms. The number of hydrogen-bond acceptors (Lipinski definition) is 7. The molecule has 33 heavy (non-hydrogen) atoms. The summed E-state index contributed by atoms with van der Waals surface area (Å²) in [6, 6.07) is 5.77. The van der Waals surface area contributed by atoms with Crippen LogP contribution in [0.2, 0.25) is 0 Å². The van der Waals surface area contributed by atoms with Crippen molar-refractivity contribution in [2.75, 3.05) is 13.2 Å². The molecule has 2 aliphatic carbocycles. The van der Waals surface area contributed by atoms with E-state index >= 15 is 0 Å². The second-order valence-electron chi connectivity index (χ2n) is 8.76. The van der Waals surface area contributed by atoms with Gasteiger partial charge in [0.1, 0.15) is 0 Å². The number of hydrogen-bond donors (Lipinski definition) is 1. The zero-order valence-corrected chi connectivity index (χ0v) is 18.7. The zero-order valence-electron chi connectivity index (χ0n) is 18.7. The van der Waals surface area contributed by atoms with Crippen molar-refractivity contribution >= 4 is 17.6 Å². The number of nitro groups is 1. The number of rotatable bonds is 9. The average Bonchev–Trinajstić information content (AvgIpc) is 3.53. The monoisotopic (exact) mass is 456 g/mol. The van der Waals surface area contributed by atoms with Crippen LogP contribution in [-0.2, 0) is 9.53 Å². The molecule has 1 aromatic heterocycles. The fraction of sp³-hybridized carbons (Fsp3) is 0.522. The summed E-state index contributed by atoms with van der Waals surface area (Å²) >= 11 is 0. The second kappa shape index (κ2) is 9.60. The van der Waals surface area contributed by atoms with E-state index in [4.69, 9.17) is 9.47 Å². The SMILES string of the molecule is CCOC(=O)c1nn(-c2ccc([N+](=O)[O-])cc2)cc1OCC(=O)N[C@H](C)[C@@H]1C[C@H]2CC[C@H]1C2. The number of nitrogens with zero attached hydrogens (tertiary/aromatic N) is 3. The van der Waals surface area contributed by atoms with Crippen molar-refractivity contribution in [2.24, 2.45) is 17.8 Å². The van der Waals surface area contributed by atoms with Gasteiger partial charge in [0, 0.05) is 18.2 Å². The van der Waals surface area contributed by atoms with Crippen LogP contribution in [0.4, 0.5) is 5.69 Å². The van der Waals surface area contributed by atoms with Crippen molar-refractivity contribution in [2.45, 2.75) is 45.6 Å². The fourth-order valence-corrected chi connectivity index (χ4v) is 5.12. The number of carbonyl (C=O) groups is 2. The van der Waals surface area contributed by atoms with E-state index in [-0.39, 0.29) is 42.3 Å². The summed E-state index contributed by atoms with van der Waals surface area (Å²) in [5, 5.41) is 18.1. The normalized spacial score (nSPS) is 22.1. The number of benzene rings is 1. The first kappa shape index (κ1) is 22.8. The first-order valence-electron chi connectivity index (χ1n) is 11.3. The Labute approximate surface area is 191 Å². The summed E-state index contributed by atoms with van der Waals surface area (Å²) in [5.74, 6) is 1.17. The Hall–Kier alpha value is -3.43. The molecule has 2 bridgehead atoms. The molecule has 1 aromatic carbocycles. The Morgan fingerprint density at radius 1 is 1.27 bits per heavy atom. The number of ether oxygens (including phenoxy) is 2. The quantitative estimate of drug-likeness (QED) is 0.349. The van der Waals surface area contributed by atoms with Crippen LogP contribution in [0.5, 0.6) is 5.75 Å². The van der Waals surface area contributed by atoms with E-state index in [9.17, 15) is 19.7 Å². The number of non-ortho nitro benzene ring substituents is 1. The van der Waals surface area contributed by atoms with Crippen LogP contribution in [-0.4, -0.2) is 45.8 Å². The van der Waals surface area contributed by atoms with Crippen LogP contribution in [0.25, 0.3) is 5.69 Å². The number of nitro benzene ring substituents is 1. The Morgan fingerprint density at radius 2 is 2.03 bits per heavy atom. The van der Waals surface area contributed by atoms with Crippen molar-refractivity contribution in [1.82, 2.24) is 15.1 Å². The van der Waals surface area contributed by atoms with Crippen molar-refractivity contribution in [1.29, 1.82) is 0 Å². The summed E-state index contributed by atoms with van der Waals surface area (Å²) in [5.41, 5.74) is 0.369. The molecule has 0 aliphatic heterocycles. The van der Waals surface area contributed by atoms with Crippen molar-refractivity contribution in [3.05, 3.63) is 46.3 Å². The first-order chi connectivity index (χ1) is 15.9. The Bertz CT molecular complexity index is 1030. The summed E-state index contributed by atoms with van der Waals surface area (Å²) in [4.78, 5) is 35.3. The summed E-state index contributed by atoms with van der Waals surface area (Å²) in [6.45, 7) is 3.62. The molecule has 176 valence electrons. The van der Waals surface area contributed by atoms with Crippen LogP contribution >= 0.6 is 0 Å². The van der Waals surface area contributed by atoms with E-state index < -0.39 is 10.9 Å². The van der Waals surface area contributed by atoms with Crippen LogP contribution in [0.3, 0.4) is 0 Å². The van der Waals surface area contributed by atoms with Gasteiger partial charge < -0.3 is 14.8 Å². The summed E-state index contributed by atoms with van der Waals surface area (Å²) in [6.07, 6.45) is 6.45. The van der Waals surface area contributed by atoms with Gasteiger partial charge in [0.2, 0.25) is 5.69 Å². The van der Waals surface area contributed by atoms with Crippen molar-refractivity contribution < 1.29 is 24.0 Å². The first-order valence-corrected chi connectivity index (χ1v) is 11.3. The molecular formula is C23H28N4O6. The topological polar surface area (TPSA) is 126 Å². The lowest BCUT2D eigenvalue weighted by molar-refractivity contribution is -0.384. The molecule has 0 saturated heterocycles. The summed E-state index contributed by atoms with van der Waals surface area (Å²) < 4.78 is 12.1. The number of nitrogens with one attached hydrogen (secondary N) is 1. The van der Waals surface area contributed by atoms with E-state index in [0.717, 1.165) is 5.92 Å². The maximum absolute atomic E-state index is 12.5. The van der Waals surface area contributed by atoms with Crippen molar-refractivity contribution in [3.8, 4) is 11.4 Å². The van der Waals surface area contributed by atoms with Gasteiger partial charge in [0.15, 0.2) is 12.4 Å². The van der Waals surface area contributed by atoms with E-state index in [1.165, 1.54) is 60.8 Å². The Balaban J connectivity index is 1.43. The smallest absolute Gasteiger partial charge is 0.362 e. The number of esters is 1. The fourth-order valence-electron chi connectivity index (χ4n) is 5.12. The van der Waals surface area contributed by atoms with E-state index in [1.807, 2.05) is 6.92 Å². The molecular weight excluding hydrogens is 428 g/mol. The molecule has 4 atom stereocenters. The third kappa shape index (κ3) is 4.99. The van der Waals surface area contributed by atoms with Crippen molar-refractivity contribution in [3.63, 3.8) is 0 Å². The molecule has 4 rings (SSSR count). The van der Waals surface area contributed by atoms with E-state index in [1.54, 1.807) is 6.92 Å². The molecule has 2 saturated carbocycles. The van der Waals surface area contributed by atoms with Gasteiger partial charge in [-0.3, -0.25) is 14.9 Å². The Kier molecular flexibility index (Phi) is 6.62. The number of aromatic nitrogens is 2. The van der Waals surface area contributed by atoms with Gasteiger partial charge in [0.25, 0.3) is 11.6 Å². The second-order valence-corrected chi connectivity index (χ2v) is 8.76. The van der Waals surface area contributed by atoms with E-state index in [0.29, 0.717) is 17.5 Å². The third-order valence-corrected chi connectivity index (χ3v) is 6.66. The molecule has 0 spiro atoms. The highest BCUT2D eigenvalue weighted by Gasteiger charge is 2.42.